The SMILES string of the molecule is CCCC(C)CC#CCC(C)CCC. The molecule has 0 amide bonds. The van der Waals surface area contributed by atoms with E-state index in [0.29, 0.717) is 0 Å². The van der Waals surface area contributed by atoms with Crippen molar-refractivity contribution in [3.05, 3.63) is 0 Å². The molecule has 0 aromatic heterocycles. The summed E-state index contributed by atoms with van der Waals surface area (Å²) in [5.41, 5.74) is 0. The zero-order valence-electron chi connectivity index (χ0n) is 10.4. The summed E-state index contributed by atoms with van der Waals surface area (Å²) in [6, 6.07) is 0. The number of rotatable bonds is 6. The summed E-state index contributed by atoms with van der Waals surface area (Å²) in [6.45, 7) is 9.09. The molecule has 82 valence electrons. The lowest BCUT2D eigenvalue weighted by molar-refractivity contribution is 0.532. The standard InChI is InChI=1S/C14H26/c1-5-9-13(3)11-7-8-12-14(4)10-6-2/h13-14H,5-6,9-12H2,1-4H3. The fraction of sp³-hybridized carbons (Fsp3) is 0.857. The van der Waals surface area contributed by atoms with Crippen molar-refractivity contribution in [1.29, 1.82) is 0 Å². The Kier molecular flexibility index (Phi) is 8.84. The first-order valence-electron chi connectivity index (χ1n) is 6.16. The lowest BCUT2D eigenvalue weighted by Crippen LogP contribution is -1.93. The first-order chi connectivity index (χ1) is 6.70. The minimum Gasteiger partial charge on any atom is -0.103 e. The van der Waals surface area contributed by atoms with E-state index in [-0.39, 0.29) is 0 Å². The molecule has 0 saturated heterocycles. The van der Waals surface area contributed by atoms with E-state index in [9.17, 15) is 0 Å². The molecule has 0 rings (SSSR count). The van der Waals surface area contributed by atoms with Crippen LogP contribution in [0.1, 0.15) is 66.2 Å². The molecule has 0 radical (unpaired) electrons. The number of hydrogen-bond acceptors (Lipinski definition) is 0. The molecule has 0 heterocycles. The van der Waals surface area contributed by atoms with Gasteiger partial charge in [-0.2, -0.15) is 0 Å². The minimum absolute atomic E-state index is 0.786. The lowest BCUT2D eigenvalue weighted by atomic mass is 10.0. The molecular formula is C14H26. The molecule has 2 atom stereocenters. The third-order valence-corrected chi connectivity index (χ3v) is 2.59. The summed E-state index contributed by atoms with van der Waals surface area (Å²) in [5, 5.41) is 0. The Balaban J connectivity index is 3.51. The topological polar surface area (TPSA) is 0 Å². The Morgan fingerprint density at radius 1 is 0.786 bits per heavy atom. The van der Waals surface area contributed by atoms with E-state index >= 15 is 0 Å². The van der Waals surface area contributed by atoms with Crippen molar-refractivity contribution in [3.63, 3.8) is 0 Å². The Bertz CT molecular complexity index is 152. The highest BCUT2D eigenvalue weighted by atomic mass is 14.0. The maximum absolute atomic E-state index is 3.31. The Morgan fingerprint density at radius 2 is 1.14 bits per heavy atom. The van der Waals surface area contributed by atoms with Crippen molar-refractivity contribution in [2.75, 3.05) is 0 Å². The Hall–Kier alpha value is -0.440. The molecule has 0 fully saturated rings. The van der Waals surface area contributed by atoms with Crippen LogP contribution in [0.3, 0.4) is 0 Å². The van der Waals surface area contributed by atoms with Crippen molar-refractivity contribution < 1.29 is 0 Å². The van der Waals surface area contributed by atoms with Gasteiger partial charge in [-0.3, -0.25) is 0 Å². The zero-order valence-corrected chi connectivity index (χ0v) is 10.4. The van der Waals surface area contributed by atoms with Crippen LogP contribution in [0.4, 0.5) is 0 Å². The van der Waals surface area contributed by atoms with Crippen molar-refractivity contribution in [3.8, 4) is 11.8 Å². The average Bonchev–Trinajstić information content (AvgIpc) is 2.13. The van der Waals surface area contributed by atoms with Crippen molar-refractivity contribution in [2.45, 2.75) is 66.2 Å². The predicted octanol–water partition coefficient (Wildman–Crippen LogP) is 4.64. The van der Waals surface area contributed by atoms with Crippen LogP contribution in [-0.4, -0.2) is 0 Å². The second kappa shape index (κ2) is 9.13. The first kappa shape index (κ1) is 13.6. The van der Waals surface area contributed by atoms with Gasteiger partial charge in [0, 0.05) is 12.8 Å². The summed E-state index contributed by atoms with van der Waals surface area (Å²) >= 11 is 0. The van der Waals surface area contributed by atoms with Crippen LogP contribution in [0.15, 0.2) is 0 Å². The monoisotopic (exact) mass is 194 g/mol. The van der Waals surface area contributed by atoms with E-state index in [2.05, 4.69) is 39.5 Å². The molecule has 14 heavy (non-hydrogen) atoms. The van der Waals surface area contributed by atoms with Crippen LogP contribution in [0.25, 0.3) is 0 Å². The molecule has 0 aliphatic carbocycles. The molecule has 0 aromatic rings. The summed E-state index contributed by atoms with van der Waals surface area (Å²) < 4.78 is 0. The normalized spacial score (nSPS) is 14.3. The molecule has 0 bridgehead atoms. The fourth-order valence-electron chi connectivity index (χ4n) is 1.68. The highest BCUT2D eigenvalue weighted by Crippen LogP contribution is 2.10. The van der Waals surface area contributed by atoms with Crippen LogP contribution < -0.4 is 0 Å². The molecular weight excluding hydrogens is 168 g/mol. The highest BCUT2D eigenvalue weighted by Gasteiger charge is 1.98. The minimum atomic E-state index is 0.786. The molecule has 0 aliphatic rings. The molecule has 0 N–H and O–H groups in total. The maximum Gasteiger partial charge on any atom is 0.0114 e. The third-order valence-electron chi connectivity index (χ3n) is 2.59. The second-order valence-electron chi connectivity index (χ2n) is 4.55. The van der Waals surface area contributed by atoms with E-state index < -0.39 is 0 Å². The van der Waals surface area contributed by atoms with Crippen LogP contribution >= 0.6 is 0 Å². The van der Waals surface area contributed by atoms with Crippen molar-refractivity contribution in [2.24, 2.45) is 11.8 Å². The van der Waals surface area contributed by atoms with Gasteiger partial charge in [0.15, 0.2) is 0 Å². The first-order valence-corrected chi connectivity index (χ1v) is 6.16. The fourth-order valence-corrected chi connectivity index (χ4v) is 1.68. The van der Waals surface area contributed by atoms with Gasteiger partial charge in [0.25, 0.3) is 0 Å². The predicted molar refractivity (Wildman–Crippen MR) is 65.2 cm³/mol. The smallest absolute Gasteiger partial charge is 0.0114 e. The summed E-state index contributed by atoms with van der Waals surface area (Å²) in [6.07, 6.45) is 7.39. The third kappa shape index (κ3) is 8.17. The van der Waals surface area contributed by atoms with Crippen LogP contribution in [-0.2, 0) is 0 Å². The van der Waals surface area contributed by atoms with Crippen LogP contribution in [0.2, 0.25) is 0 Å². The van der Waals surface area contributed by atoms with Gasteiger partial charge in [-0.1, -0.05) is 53.4 Å². The van der Waals surface area contributed by atoms with Gasteiger partial charge >= 0.3 is 0 Å². The van der Waals surface area contributed by atoms with E-state index in [1.54, 1.807) is 0 Å². The van der Waals surface area contributed by atoms with Crippen LogP contribution in [0, 0.1) is 23.7 Å². The average molecular weight is 194 g/mol. The van der Waals surface area contributed by atoms with Gasteiger partial charge in [-0.25, -0.2) is 0 Å². The van der Waals surface area contributed by atoms with Gasteiger partial charge in [0.1, 0.15) is 0 Å². The Labute approximate surface area is 90.5 Å². The summed E-state index contributed by atoms with van der Waals surface area (Å²) in [7, 11) is 0. The second-order valence-corrected chi connectivity index (χ2v) is 4.55. The summed E-state index contributed by atoms with van der Waals surface area (Å²) in [5.74, 6) is 8.19. The van der Waals surface area contributed by atoms with Crippen molar-refractivity contribution >= 4 is 0 Å². The van der Waals surface area contributed by atoms with E-state index in [1.807, 2.05) is 0 Å². The highest BCUT2D eigenvalue weighted by molar-refractivity contribution is 5.00. The quantitative estimate of drug-likeness (QED) is 0.540. The number of hydrogen-bond donors (Lipinski definition) is 0. The Morgan fingerprint density at radius 3 is 1.43 bits per heavy atom. The molecule has 0 nitrogen and oxygen atoms in total. The largest absolute Gasteiger partial charge is 0.103 e. The zero-order chi connectivity index (χ0) is 10.8. The molecule has 0 aromatic carbocycles. The van der Waals surface area contributed by atoms with Gasteiger partial charge in [-0.15, -0.1) is 11.8 Å². The lowest BCUT2D eigenvalue weighted by Gasteiger charge is -2.05. The summed E-state index contributed by atoms with van der Waals surface area (Å²) in [4.78, 5) is 0. The van der Waals surface area contributed by atoms with E-state index in [1.165, 1.54) is 25.7 Å². The maximum atomic E-state index is 3.31. The molecule has 2 unspecified atom stereocenters. The van der Waals surface area contributed by atoms with Gasteiger partial charge in [-0.05, 0) is 11.8 Å². The van der Waals surface area contributed by atoms with Gasteiger partial charge in [0.2, 0.25) is 0 Å². The van der Waals surface area contributed by atoms with E-state index in [0.717, 1.165) is 24.7 Å². The molecule has 0 saturated carbocycles. The molecule has 0 heteroatoms. The van der Waals surface area contributed by atoms with Crippen molar-refractivity contribution in [1.82, 2.24) is 0 Å². The van der Waals surface area contributed by atoms with E-state index in [4.69, 9.17) is 0 Å². The molecule has 0 spiro atoms. The van der Waals surface area contributed by atoms with Crippen LogP contribution in [0.5, 0.6) is 0 Å². The van der Waals surface area contributed by atoms with Gasteiger partial charge < -0.3 is 0 Å². The van der Waals surface area contributed by atoms with Gasteiger partial charge in [0.05, 0.1) is 0 Å². The molecule has 0 aliphatic heterocycles.